The van der Waals surface area contributed by atoms with Gasteiger partial charge in [0.05, 0.1) is 6.10 Å². The summed E-state index contributed by atoms with van der Waals surface area (Å²) in [4.78, 5) is 0. The van der Waals surface area contributed by atoms with Crippen LogP contribution in [0.5, 0.6) is 0 Å². The van der Waals surface area contributed by atoms with Crippen molar-refractivity contribution in [3.05, 3.63) is 0 Å². The zero-order chi connectivity index (χ0) is 10.8. The molecule has 2 aliphatic carbocycles. The molecular weight excluding hydrogens is 186 g/mol. The highest BCUT2D eigenvalue weighted by Gasteiger charge is 2.34. The first-order valence-electron chi connectivity index (χ1n) is 6.61. The molecule has 0 aromatic rings. The van der Waals surface area contributed by atoms with Crippen LogP contribution < -0.4 is 5.32 Å². The Morgan fingerprint density at radius 2 is 1.60 bits per heavy atom. The third-order valence-corrected chi connectivity index (χ3v) is 3.97. The van der Waals surface area contributed by atoms with Crippen molar-refractivity contribution in [3.63, 3.8) is 0 Å². The van der Waals surface area contributed by atoms with E-state index in [1.54, 1.807) is 0 Å². The third-order valence-electron chi connectivity index (χ3n) is 3.97. The molecule has 0 radical (unpaired) electrons. The van der Waals surface area contributed by atoms with E-state index in [1.807, 2.05) is 0 Å². The van der Waals surface area contributed by atoms with Crippen molar-refractivity contribution in [1.82, 2.24) is 5.32 Å². The van der Waals surface area contributed by atoms with Gasteiger partial charge >= 0.3 is 0 Å². The molecule has 2 N–H and O–H groups in total. The van der Waals surface area contributed by atoms with Gasteiger partial charge in [-0.25, -0.2) is 0 Å². The molecule has 0 spiro atoms. The van der Waals surface area contributed by atoms with Gasteiger partial charge in [0, 0.05) is 12.1 Å². The number of hydrogen-bond donors (Lipinski definition) is 2. The summed E-state index contributed by atoms with van der Waals surface area (Å²) in [6.45, 7) is 4.65. The van der Waals surface area contributed by atoms with Crippen molar-refractivity contribution in [2.24, 2.45) is 11.8 Å². The van der Waals surface area contributed by atoms with Crippen LogP contribution in [-0.4, -0.2) is 23.3 Å². The Morgan fingerprint density at radius 3 is 2.07 bits per heavy atom. The zero-order valence-electron chi connectivity index (χ0n) is 10.1. The smallest absolute Gasteiger partial charge is 0.0541 e. The van der Waals surface area contributed by atoms with Crippen LogP contribution in [0.3, 0.4) is 0 Å². The first-order chi connectivity index (χ1) is 7.16. The van der Waals surface area contributed by atoms with Crippen molar-refractivity contribution in [3.8, 4) is 0 Å². The Bertz CT molecular complexity index is 191. The molecule has 2 rings (SSSR count). The van der Waals surface area contributed by atoms with Crippen molar-refractivity contribution in [2.45, 2.75) is 70.6 Å². The third kappa shape index (κ3) is 3.18. The standard InChI is InChI=1S/C13H25NO/c1-9(2)13(10-3-4-10)14-11-5-7-12(15)8-6-11/h9-15H,3-8H2,1-2H3. The minimum absolute atomic E-state index is 0.0264. The van der Waals surface area contributed by atoms with E-state index in [1.165, 1.54) is 12.8 Å². The summed E-state index contributed by atoms with van der Waals surface area (Å²) in [7, 11) is 0. The minimum Gasteiger partial charge on any atom is -0.393 e. The summed E-state index contributed by atoms with van der Waals surface area (Å²) < 4.78 is 0. The van der Waals surface area contributed by atoms with Gasteiger partial charge in [-0.2, -0.15) is 0 Å². The molecular formula is C13H25NO. The van der Waals surface area contributed by atoms with Crippen LogP contribution in [-0.2, 0) is 0 Å². The molecule has 0 heterocycles. The van der Waals surface area contributed by atoms with E-state index >= 15 is 0 Å². The molecule has 0 aliphatic heterocycles. The van der Waals surface area contributed by atoms with E-state index in [0.717, 1.165) is 43.6 Å². The van der Waals surface area contributed by atoms with Crippen LogP contribution in [0.1, 0.15) is 52.4 Å². The van der Waals surface area contributed by atoms with Crippen molar-refractivity contribution >= 4 is 0 Å². The summed E-state index contributed by atoms with van der Waals surface area (Å²) >= 11 is 0. The van der Waals surface area contributed by atoms with Crippen LogP contribution in [0.2, 0.25) is 0 Å². The van der Waals surface area contributed by atoms with Gasteiger partial charge in [0.2, 0.25) is 0 Å². The van der Waals surface area contributed by atoms with Gasteiger partial charge in [0.15, 0.2) is 0 Å². The fourth-order valence-corrected chi connectivity index (χ4v) is 2.84. The van der Waals surface area contributed by atoms with Gasteiger partial charge in [-0.05, 0) is 50.4 Å². The lowest BCUT2D eigenvalue weighted by molar-refractivity contribution is 0.111. The lowest BCUT2D eigenvalue weighted by Crippen LogP contribution is -2.44. The minimum atomic E-state index is -0.0264. The lowest BCUT2D eigenvalue weighted by atomic mass is 9.90. The summed E-state index contributed by atoms with van der Waals surface area (Å²) in [5.41, 5.74) is 0. The molecule has 2 fully saturated rings. The van der Waals surface area contributed by atoms with Gasteiger partial charge in [0.25, 0.3) is 0 Å². The lowest BCUT2D eigenvalue weighted by Gasteiger charge is -2.32. The normalized spacial score (nSPS) is 34.4. The van der Waals surface area contributed by atoms with Crippen LogP contribution in [0, 0.1) is 11.8 Å². The maximum atomic E-state index is 9.46. The van der Waals surface area contributed by atoms with E-state index in [2.05, 4.69) is 19.2 Å². The van der Waals surface area contributed by atoms with Crippen LogP contribution in [0.4, 0.5) is 0 Å². The number of aliphatic hydroxyl groups is 1. The van der Waals surface area contributed by atoms with Gasteiger partial charge in [-0.15, -0.1) is 0 Å². The monoisotopic (exact) mass is 211 g/mol. The molecule has 2 aliphatic rings. The van der Waals surface area contributed by atoms with Gasteiger partial charge in [0.1, 0.15) is 0 Å². The summed E-state index contributed by atoms with van der Waals surface area (Å²) in [5.74, 6) is 1.70. The van der Waals surface area contributed by atoms with Crippen molar-refractivity contribution in [1.29, 1.82) is 0 Å². The highest BCUT2D eigenvalue weighted by molar-refractivity contribution is 4.91. The molecule has 1 unspecified atom stereocenters. The Balaban J connectivity index is 1.78. The summed E-state index contributed by atoms with van der Waals surface area (Å²) in [6, 6.07) is 1.40. The second kappa shape index (κ2) is 4.84. The average molecular weight is 211 g/mol. The predicted octanol–water partition coefficient (Wildman–Crippen LogP) is 2.31. The second-order valence-electron chi connectivity index (χ2n) is 5.78. The highest BCUT2D eigenvalue weighted by atomic mass is 16.3. The molecule has 0 aromatic heterocycles. The Labute approximate surface area is 93.5 Å². The number of aliphatic hydroxyl groups excluding tert-OH is 1. The fourth-order valence-electron chi connectivity index (χ4n) is 2.84. The second-order valence-corrected chi connectivity index (χ2v) is 5.78. The van der Waals surface area contributed by atoms with Gasteiger partial charge in [-0.3, -0.25) is 0 Å². The molecule has 88 valence electrons. The number of rotatable bonds is 4. The molecule has 0 amide bonds. The first-order valence-corrected chi connectivity index (χ1v) is 6.61. The molecule has 1 atom stereocenters. The zero-order valence-corrected chi connectivity index (χ0v) is 10.1. The van der Waals surface area contributed by atoms with Gasteiger partial charge in [-0.1, -0.05) is 13.8 Å². The van der Waals surface area contributed by atoms with Crippen LogP contribution in [0.15, 0.2) is 0 Å². The average Bonchev–Trinajstić information content (AvgIpc) is 3.00. The van der Waals surface area contributed by atoms with E-state index in [0.29, 0.717) is 6.04 Å². The molecule has 2 saturated carbocycles. The van der Waals surface area contributed by atoms with Crippen LogP contribution >= 0.6 is 0 Å². The fraction of sp³-hybridized carbons (Fsp3) is 1.00. The van der Waals surface area contributed by atoms with E-state index in [4.69, 9.17) is 0 Å². The number of hydrogen-bond acceptors (Lipinski definition) is 2. The van der Waals surface area contributed by atoms with Crippen molar-refractivity contribution in [2.75, 3.05) is 0 Å². The Kier molecular flexibility index (Phi) is 3.68. The maximum Gasteiger partial charge on any atom is 0.0541 e. The molecule has 0 saturated heterocycles. The van der Waals surface area contributed by atoms with Gasteiger partial charge < -0.3 is 10.4 Å². The Hall–Kier alpha value is -0.0800. The SMILES string of the molecule is CC(C)C(NC1CCC(O)CC1)C1CC1. The largest absolute Gasteiger partial charge is 0.393 e. The quantitative estimate of drug-likeness (QED) is 0.748. The van der Waals surface area contributed by atoms with Crippen molar-refractivity contribution < 1.29 is 5.11 Å². The van der Waals surface area contributed by atoms with Crippen LogP contribution in [0.25, 0.3) is 0 Å². The predicted molar refractivity (Wildman–Crippen MR) is 62.7 cm³/mol. The Morgan fingerprint density at radius 1 is 1.00 bits per heavy atom. The highest BCUT2D eigenvalue weighted by Crippen LogP contribution is 2.36. The summed E-state index contributed by atoms with van der Waals surface area (Å²) in [6.07, 6.45) is 7.13. The first kappa shape index (κ1) is 11.4. The van der Waals surface area contributed by atoms with E-state index < -0.39 is 0 Å². The molecule has 0 bridgehead atoms. The van der Waals surface area contributed by atoms with E-state index in [-0.39, 0.29) is 6.10 Å². The summed E-state index contributed by atoms with van der Waals surface area (Å²) in [5, 5.41) is 13.3. The molecule has 0 aromatic carbocycles. The van der Waals surface area contributed by atoms with E-state index in [9.17, 15) is 5.11 Å². The molecule has 2 nitrogen and oxygen atoms in total. The topological polar surface area (TPSA) is 32.3 Å². The molecule has 2 heteroatoms. The molecule has 15 heavy (non-hydrogen) atoms. The maximum absolute atomic E-state index is 9.46. The number of nitrogens with one attached hydrogen (secondary N) is 1.